The van der Waals surface area contributed by atoms with Crippen LogP contribution >= 0.6 is 34.8 Å². The van der Waals surface area contributed by atoms with Gasteiger partial charge in [-0.1, -0.05) is 61.1 Å². The topological polar surface area (TPSA) is 58.6 Å². The van der Waals surface area contributed by atoms with Crippen molar-refractivity contribution in [1.29, 1.82) is 0 Å². The Morgan fingerprint density at radius 2 is 1.73 bits per heavy atom. The average molecular weight is 514 g/mol. The molecule has 8 heteroatoms. The Balaban J connectivity index is 2.25. The largest absolute Gasteiger partial charge is 0.484 e. The highest BCUT2D eigenvalue weighted by molar-refractivity contribution is 6.35. The lowest BCUT2D eigenvalue weighted by Gasteiger charge is -2.31. The number of unbranched alkanes of at least 4 members (excludes halogenated alkanes) is 1. The Labute approximate surface area is 211 Å². The van der Waals surface area contributed by atoms with Crippen molar-refractivity contribution in [2.75, 3.05) is 13.2 Å². The van der Waals surface area contributed by atoms with Gasteiger partial charge in [-0.05, 0) is 67.6 Å². The summed E-state index contributed by atoms with van der Waals surface area (Å²) in [6.45, 7) is 8.20. The first-order valence-corrected chi connectivity index (χ1v) is 12.2. The molecule has 2 aromatic rings. The molecule has 0 aliphatic carbocycles. The number of rotatable bonds is 11. The van der Waals surface area contributed by atoms with Gasteiger partial charge in [0, 0.05) is 28.2 Å². The van der Waals surface area contributed by atoms with Crippen LogP contribution in [0, 0.1) is 13.8 Å². The molecule has 1 N–H and O–H groups in total. The summed E-state index contributed by atoms with van der Waals surface area (Å²) in [5.41, 5.74) is 2.43. The highest BCUT2D eigenvalue weighted by Crippen LogP contribution is 2.27. The van der Waals surface area contributed by atoms with Gasteiger partial charge in [-0.2, -0.15) is 0 Å². The molecule has 0 bridgehead atoms. The fourth-order valence-corrected chi connectivity index (χ4v) is 4.05. The van der Waals surface area contributed by atoms with Crippen molar-refractivity contribution in [3.8, 4) is 5.75 Å². The summed E-state index contributed by atoms with van der Waals surface area (Å²) in [5.74, 6) is 0.0407. The molecule has 2 rings (SSSR count). The molecule has 0 heterocycles. The van der Waals surface area contributed by atoms with Crippen LogP contribution in [0.4, 0.5) is 0 Å². The Hall–Kier alpha value is -1.95. The quantitative estimate of drug-likeness (QED) is 0.355. The van der Waals surface area contributed by atoms with Crippen LogP contribution in [0.1, 0.15) is 49.8 Å². The van der Waals surface area contributed by atoms with E-state index in [0.29, 0.717) is 39.3 Å². The fourth-order valence-electron chi connectivity index (χ4n) is 3.48. The van der Waals surface area contributed by atoms with Crippen LogP contribution in [-0.4, -0.2) is 35.9 Å². The van der Waals surface area contributed by atoms with E-state index < -0.39 is 6.04 Å². The molecule has 2 aromatic carbocycles. The standard InChI is InChI=1S/C25H31Cl3N2O3/c1-5-7-10-29-25(32)22(6-2)30(14-18-8-9-19(26)13-21(18)27)23(31)15-33-20-11-16(3)24(28)17(4)12-20/h8-9,11-13,22H,5-7,10,14-15H2,1-4H3,(H,29,32)/t22-/m0/s1. The second-order valence-electron chi connectivity index (χ2n) is 7.99. The number of carbonyl (C=O) groups is 2. The van der Waals surface area contributed by atoms with Crippen molar-refractivity contribution in [1.82, 2.24) is 10.2 Å². The zero-order valence-corrected chi connectivity index (χ0v) is 21.8. The van der Waals surface area contributed by atoms with Gasteiger partial charge in [0.25, 0.3) is 5.91 Å². The minimum atomic E-state index is -0.654. The number of hydrogen-bond donors (Lipinski definition) is 1. The van der Waals surface area contributed by atoms with Crippen LogP contribution < -0.4 is 10.1 Å². The van der Waals surface area contributed by atoms with Gasteiger partial charge in [0.15, 0.2) is 6.61 Å². The number of nitrogens with one attached hydrogen (secondary N) is 1. The average Bonchev–Trinajstić information content (AvgIpc) is 2.77. The molecule has 1 atom stereocenters. The van der Waals surface area contributed by atoms with E-state index in [0.717, 1.165) is 24.0 Å². The molecule has 0 radical (unpaired) electrons. The number of benzene rings is 2. The first kappa shape index (κ1) is 27.3. The molecule has 0 spiro atoms. The number of halogens is 3. The van der Waals surface area contributed by atoms with Crippen LogP contribution in [0.2, 0.25) is 15.1 Å². The van der Waals surface area contributed by atoms with Crippen molar-refractivity contribution < 1.29 is 14.3 Å². The van der Waals surface area contributed by atoms with Gasteiger partial charge in [-0.3, -0.25) is 9.59 Å². The van der Waals surface area contributed by atoms with E-state index in [1.54, 1.807) is 30.3 Å². The van der Waals surface area contributed by atoms with Gasteiger partial charge in [0.05, 0.1) is 0 Å². The Bertz CT molecular complexity index is 958. The van der Waals surface area contributed by atoms with Crippen LogP contribution in [0.25, 0.3) is 0 Å². The Kier molecular flexibility index (Phi) is 10.8. The van der Waals surface area contributed by atoms with E-state index in [2.05, 4.69) is 12.2 Å². The molecule has 0 fully saturated rings. The van der Waals surface area contributed by atoms with Crippen LogP contribution in [0.3, 0.4) is 0 Å². The molecule has 2 amide bonds. The smallest absolute Gasteiger partial charge is 0.261 e. The molecule has 0 unspecified atom stereocenters. The third-order valence-corrected chi connectivity index (χ3v) is 6.53. The van der Waals surface area contributed by atoms with Crippen LogP contribution in [0.15, 0.2) is 30.3 Å². The number of hydrogen-bond acceptors (Lipinski definition) is 3. The van der Waals surface area contributed by atoms with Gasteiger partial charge in [-0.25, -0.2) is 0 Å². The number of amides is 2. The molecular weight excluding hydrogens is 483 g/mol. The SMILES string of the molecule is CCCCNC(=O)[C@H](CC)N(Cc1ccc(Cl)cc1Cl)C(=O)COc1cc(C)c(Cl)c(C)c1. The first-order valence-electron chi connectivity index (χ1n) is 11.1. The number of carbonyl (C=O) groups excluding carboxylic acids is 2. The molecule has 0 aliphatic heterocycles. The Morgan fingerprint density at radius 1 is 1.06 bits per heavy atom. The summed E-state index contributed by atoms with van der Waals surface area (Å²) < 4.78 is 5.79. The van der Waals surface area contributed by atoms with Crippen LogP contribution in [0.5, 0.6) is 5.75 Å². The number of ether oxygens (including phenoxy) is 1. The summed E-state index contributed by atoms with van der Waals surface area (Å²) in [7, 11) is 0. The molecular formula is C25H31Cl3N2O3. The lowest BCUT2D eigenvalue weighted by molar-refractivity contribution is -0.143. The molecule has 0 aromatic heterocycles. The maximum Gasteiger partial charge on any atom is 0.261 e. The van der Waals surface area contributed by atoms with Gasteiger partial charge >= 0.3 is 0 Å². The molecule has 0 saturated carbocycles. The summed E-state index contributed by atoms with van der Waals surface area (Å²) in [4.78, 5) is 27.7. The van der Waals surface area contributed by atoms with Gasteiger partial charge in [-0.15, -0.1) is 0 Å². The van der Waals surface area contributed by atoms with E-state index in [9.17, 15) is 9.59 Å². The number of aryl methyl sites for hydroxylation is 2. The molecule has 33 heavy (non-hydrogen) atoms. The van der Waals surface area contributed by atoms with E-state index in [-0.39, 0.29) is 25.0 Å². The van der Waals surface area contributed by atoms with Crippen molar-refractivity contribution >= 4 is 46.6 Å². The fraction of sp³-hybridized carbons (Fsp3) is 0.440. The van der Waals surface area contributed by atoms with Gasteiger partial charge in [0.1, 0.15) is 11.8 Å². The molecule has 180 valence electrons. The minimum Gasteiger partial charge on any atom is -0.484 e. The maximum absolute atomic E-state index is 13.3. The van der Waals surface area contributed by atoms with Crippen molar-refractivity contribution in [2.24, 2.45) is 0 Å². The van der Waals surface area contributed by atoms with E-state index in [1.807, 2.05) is 20.8 Å². The lowest BCUT2D eigenvalue weighted by atomic mass is 10.1. The predicted molar refractivity (Wildman–Crippen MR) is 135 cm³/mol. The maximum atomic E-state index is 13.3. The van der Waals surface area contributed by atoms with Gasteiger partial charge < -0.3 is 15.0 Å². The number of nitrogens with zero attached hydrogens (tertiary/aromatic N) is 1. The summed E-state index contributed by atoms with van der Waals surface area (Å²) >= 11 is 18.6. The van der Waals surface area contributed by atoms with Crippen LogP contribution in [-0.2, 0) is 16.1 Å². The monoisotopic (exact) mass is 512 g/mol. The summed E-state index contributed by atoms with van der Waals surface area (Å²) in [6, 6.07) is 8.02. The summed E-state index contributed by atoms with van der Waals surface area (Å²) in [5, 5.41) is 4.54. The van der Waals surface area contributed by atoms with E-state index in [4.69, 9.17) is 39.5 Å². The molecule has 5 nitrogen and oxygen atoms in total. The van der Waals surface area contributed by atoms with Crippen molar-refractivity contribution in [3.63, 3.8) is 0 Å². The molecule has 0 saturated heterocycles. The van der Waals surface area contributed by atoms with E-state index >= 15 is 0 Å². The van der Waals surface area contributed by atoms with E-state index in [1.165, 1.54) is 4.90 Å². The third kappa shape index (κ3) is 7.80. The zero-order chi connectivity index (χ0) is 24.5. The van der Waals surface area contributed by atoms with Gasteiger partial charge in [0.2, 0.25) is 5.91 Å². The Morgan fingerprint density at radius 3 is 2.30 bits per heavy atom. The highest BCUT2D eigenvalue weighted by Gasteiger charge is 2.29. The molecule has 0 aliphatic rings. The minimum absolute atomic E-state index is 0.163. The lowest BCUT2D eigenvalue weighted by Crippen LogP contribution is -2.50. The normalized spacial score (nSPS) is 11.7. The van der Waals surface area contributed by atoms with Crippen molar-refractivity contribution in [2.45, 2.75) is 59.5 Å². The first-order chi connectivity index (χ1) is 15.7. The second-order valence-corrected chi connectivity index (χ2v) is 9.21. The second kappa shape index (κ2) is 13.1. The highest BCUT2D eigenvalue weighted by atomic mass is 35.5. The van der Waals surface area contributed by atoms with Crippen molar-refractivity contribution in [3.05, 3.63) is 62.1 Å². The summed E-state index contributed by atoms with van der Waals surface area (Å²) in [6.07, 6.45) is 2.29. The third-order valence-electron chi connectivity index (χ3n) is 5.34. The zero-order valence-electron chi connectivity index (χ0n) is 19.5. The predicted octanol–water partition coefficient (Wildman–Crippen LogP) is 6.37.